The van der Waals surface area contributed by atoms with Gasteiger partial charge in [0.25, 0.3) is 0 Å². The molecule has 0 aliphatic carbocycles. The molecule has 23 heavy (non-hydrogen) atoms. The van der Waals surface area contributed by atoms with Gasteiger partial charge in [-0.3, -0.25) is 0 Å². The lowest BCUT2D eigenvalue weighted by Crippen LogP contribution is -2.50. The van der Waals surface area contributed by atoms with E-state index in [9.17, 15) is 30.7 Å². The summed E-state index contributed by atoms with van der Waals surface area (Å²) in [7, 11) is 0. The van der Waals surface area contributed by atoms with Gasteiger partial charge in [0.1, 0.15) is 5.69 Å². The molecule has 0 aliphatic heterocycles. The molecule has 0 atom stereocenters. The first-order chi connectivity index (χ1) is 10.5. The largest absolute Gasteiger partial charge is 0.435 e. The summed E-state index contributed by atoms with van der Waals surface area (Å²) >= 11 is 0. The van der Waals surface area contributed by atoms with Gasteiger partial charge < -0.3 is 5.73 Å². The topological polar surface area (TPSA) is 64.7 Å². The first-order valence-corrected chi connectivity index (χ1v) is 5.85. The standard InChI is InChI=1S/C12H7F7N4/c13-10(11(14,15)16,12(17,18)19)7-3-1-6(2-4-7)8-5-21-9(20)23-22-8/h1-5H,(H2,20,21,23). The minimum absolute atomic E-state index is 0.0502. The van der Waals surface area contributed by atoms with E-state index in [0.717, 1.165) is 18.3 Å². The summed E-state index contributed by atoms with van der Waals surface area (Å²) in [4.78, 5) is 3.58. The SMILES string of the molecule is Nc1ncc(-c2ccc(C(F)(C(F)(F)F)C(F)(F)F)cc2)nn1. The Morgan fingerprint density at radius 3 is 1.70 bits per heavy atom. The Morgan fingerprint density at radius 2 is 1.30 bits per heavy atom. The van der Waals surface area contributed by atoms with Crippen molar-refractivity contribution >= 4 is 5.95 Å². The molecule has 0 aliphatic rings. The molecule has 2 rings (SSSR count). The minimum Gasteiger partial charge on any atom is -0.366 e. The molecule has 2 aromatic rings. The van der Waals surface area contributed by atoms with E-state index >= 15 is 0 Å². The summed E-state index contributed by atoms with van der Waals surface area (Å²) in [5, 5.41) is 6.95. The van der Waals surface area contributed by atoms with Gasteiger partial charge in [0, 0.05) is 11.1 Å². The van der Waals surface area contributed by atoms with Crippen LogP contribution in [0.1, 0.15) is 5.56 Å². The van der Waals surface area contributed by atoms with E-state index in [2.05, 4.69) is 15.2 Å². The number of alkyl halides is 7. The fourth-order valence-electron chi connectivity index (χ4n) is 1.77. The number of nitrogens with two attached hydrogens (primary N) is 1. The van der Waals surface area contributed by atoms with Crippen molar-refractivity contribution in [2.24, 2.45) is 0 Å². The molecule has 0 radical (unpaired) electrons. The van der Waals surface area contributed by atoms with Gasteiger partial charge in [0.2, 0.25) is 5.95 Å². The van der Waals surface area contributed by atoms with Crippen LogP contribution in [0.4, 0.5) is 36.7 Å². The van der Waals surface area contributed by atoms with E-state index < -0.39 is 23.6 Å². The molecule has 4 nitrogen and oxygen atoms in total. The molecule has 0 spiro atoms. The maximum Gasteiger partial charge on any atom is 0.435 e. The molecule has 11 heteroatoms. The van der Waals surface area contributed by atoms with Gasteiger partial charge >= 0.3 is 18.0 Å². The van der Waals surface area contributed by atoms with E-state index in [4.69, 9.17) is 5.73 Å². The monoisotopic (exact) mass is 340 g/mol. The molecule has 0 saturated carbocycles. The Labute approximate surface area is 124 Å². The number of aromatic nitrogens is 3. The second kappa shape index (κ2) is 5.32. The maximum atomic E-state index is 13.8. The van der Waals surface area contributed by atoms with Crippen molar-refractivity contribution in [2.45, 2.75) is 18.0 Å². The third-order valence-corrected chi connectivity index (χ3v) is 2.94. The number of anilines is 1. The predicted octanol–water partition coefficient (Wildman–Crippen LogP) is 3.41. The van der Waals surface area contributed by atoms with Crippen LogP contribution in [0.2, 0.25) is 0 Å². The van der Waals surface area contributed by atoms with Crippen LogP contribution in [-0.4, -0.2) is 27.5 Å². The molecular weight excluding hydrogens is 333 g/mol. The summed E-state index contributed by atoms with van der Waals surface area (Å²) in [6, 6.07) is 2.47. The van der Waals surface area contributed by atoms with Crippen molar-refractivity contribution in [2.75, 3.05) is 5.73 Å². The maximum absolute atomic E-state index is 13.8. The van der Waals surface area contributed by atoms with Crippen LogP contribution in [0.25, 0.3) is 11.3 Å². The fourth-order valence-corrected chi connectivity index (χ4v) is 1.77. The van der Waals surface area contributed by atoms with E-state index in [1.54, 1.807) is 0 Å². The molecule has 0 amide bonds. The van der Waals surface area contributed by atoms with Gasteiger partial charge in [-0.2, -0.15) is 26.3 Å². The van der Waals surface area contributed by atoms with E-state index in [1.807, 2.05) is 0 Å². The van der Waals surface area contributed by atoms with E-state index in [-0.39, 0.29) is 17.2 Å². The molecule has 1 aromatic carbocycles. The van der Waals surface area contributed by atoms with Gasteiger partial charge in [0.15, 0.2) is 0 Å². The molecule has 0 unspecified atom stereocenters. The highest BCUT2D eigenvalue weighted by atomic mass is 19.4. The molecule has 0 saturated heterocycles. The van der Waals surface area contributed by atoms with Gasteiger partial charge in [-0.15, -0.1) is 10.2 Å². The molecular formula is C12H7F7N4. The lowest BCUT2D eigenvalue weighted by molar-refractivity contribution is -0.348. The van der Waals surface area contributed by atoms with Gasteiger partial charge in [-0.1, -0.05) is 24.3 Å². The number of hydrogen-bond donors (Lipinski definition) is 1. The molecule has 0 fully saturated rings. The summed E-state index contributed by atoms with van der Waals surface area (Å²) in [5.74, 6) is -0.165. The first kappa shape index (κ1) is 16.9. The third-order valence-electron chi connectivity index (χ3n) is 2.94. The van der Waals surface area contributed by atoms with E-state index in [0.29, 0.717) is 12.1 Å². The van der Waals surface area contributed by atoms with Crippen molar-refractivity contribution in [3.05, 3.63) is 36.0 Å². The van der Waals surface area contributed by atoms with Crippen LogP contribution in [0.5, 0.6) is 0 Å². The zero-order valence-corrected chi connectivity index (χ0v) is 11.0. The van der Waals surface area contributed by atoms with Crippen molar-refractivity contribution < 1.29 is 30.7 Å². The van der Waals surface area contributed by atoms with E-state index in [1.165, 1.54) is 0 Å². The van der Waals surface area contributed by atoms with Gasteiger partial charge in [-0.05, 0) is 0 Å². The molecule has 1 aromatic heterocycles. The first-order valence-electron chi connectivity index (χ1n) is 5.85. The van der Waals surface area contributed by atoms with Gasteiger partial charge in [-0.25, -0.2) is 9.37 Å². The summed E-state index contributed by atoms with van der Waals surface area (Å²) < 4.78 is 89.5. The zero-order valence-electron chi connectivity index (χ0n) is 11.0. The smallest absolute Gasteiger partial charge is 0.366 e. The van der Waals surface area contributed by atoms with Crippen molar-refractivity contribution in [3.63, 3.8) is 0 Å². The average molecular weight is 340 g/mol. The van der Waals surface area contributed by atoms with Gasteiger partial charge in [0.05, 0.1) is 6.20 Å². The third kappa shape index (κ3) is 2.90. The number of benzene rings is 1. The number of hydrogen-bond acceptors (Lipinski definition) is 4. The normalized spacial score (nSPS) is 13.2. The fraction of sp³-hybridized carbons (Fsp3) is 0.250. The number of halogens is 7. The minimum atomic E-state index is -6.16. The summed E-state index contributed by atoms with van der Waals surface area (Å²) in [5.41, 5.74) is -1.71. The van der Waals surface area contributed by atoms with Crippen LogP contribution in [-0.2, 0) is 5.67 Å². The Bertz CT molecular complexity index is 663. The van der Waals surface area contributed by atoms with Crippen LogP contribution >= 0.6 is 0 Å². The van der Waals surface area contributed by atoms with Crippen LogP contribution < -0.4 is 5.73 Å². The lowest BCUT2D eigenvalue weighted by Gasteiger charge is -2.30. The highest BCUT2D eigenvalue weighted by molar-refractivity contribution is 5.58. The molecule has 124 valence electrons. The van der Waals surface area contributed by atoms with Crippen molar-refractivity contribution in [1.82, 2.24) is 15.2 Å². The second-order valence-corrected chi connectivity index (χ2v) is 4.43. The average Bonchev–Trinajstić information content (AvgIpc) is 2.45. The van der Waals surface area contributed by atoms with Crippen LogP contribution in [0.15, 0.2) is 30.5 Å². The molecule has 0 bridgehead atoms. The van der Waals surface area contributed by atoms with Crippen LogP contribution in [0, 0.1) is 0 Å². The van der Waals surface area contributed by atoms with Crippen molar-refractivity contribution in [1.29, 1.82) is 0 Å². The zero-order chi connectivity index (χ0) is 17.5. The quantitative estimate of drug-likeness (QED) is 0.851. The number of nitrogens with zero attached hydrogens (tertiary/aromatic N) is 3. The summed E-state index contributed by atoms with van der Waals surface area (Å²) in [6.07, 6.45) is -11.2. The Hall–Kier alpha value is -2.46. The lowest BCUT2D eigenvalue weighted by atomic mass is 9.93. The highest BCUT2D eigenvalue weighted by Crippen LogP contribution is 2.53. The molecule has 2 N–H and O–H groups in total. The number of nitrogen functional groups attached to an aromatic ring is 1. The number of rotatable bonds is 2. The van der Waals surface area contributed by atoms with Crippen molar-refractivity contribution in [3.8, 4) is 11.3 Å². The summed E-state index contributed by atoms with van der Waals surface area (Å²) in [6.45, 7) is 0. The Kier molecular flexibility index (Phi) is 3.91. The Morgan fingerprint density at radius 1 is 0.783 bits per heavy atom. The highest BCUT2D eigenvalue weighted by Gasteiger charge is 2.73. The predicted molar refractivity (Wildman–Crippen MR) is 64.6 cm³/mol. The molecule has 1 heterocycles. The Balaban J connectivity index is 2.47. The van der Waals surface area contributed by atoms with Crippen LogP contribution in [0.3, 0.4) is 0 Å². The second-order valence-electron chi connectivity index (χ2n) is 4.43.